The second-order valence-corrected chi connectivity index (χ2v) is 4.52. The maximum absolute atomic E-state index is 13.6. The lowest BCUT2D eigenvalue weighted by Crippen LogP contribution is -2.07. The van der Waals surface area contributed by atoms with E-state index in [1.54, 1.807) is 6.07 Å². The highest BCUT2D eigenvalue weighted by atomic mass is 19.1. The molecule has 1 heterocycles. The van der Waals surface area contributed by atoms with Crippen molar-refractivity contribution in [1.82, 2.24) is 0 Å². The van der Waals surface area contributed by atoms with Gasteiger partial charge in [0, 0.05) is 11.3 Å². The normalized spacial score (nSPS) is 13.0. The molecule has 0 atom stereocenters. The first-order valence-corrected chi connectivity index (χ1v) is 5.98. The summed E-state index contributed by atoms with van der Waals surface area (Å²) in [6, 6.07) is 7.77. The van der Waals surface area contributed by atoms with E-state index in [9.17, 15) is 18.4 Å². The highest BCUT2D eigenvalue weighted by Gasteiger charge is 2.22. The molecule has 0 spiro atoms. The van der Waals surface area contributed by atoms with Crippen molar-refractivity contribution in [2.45, 2.75) is 6.42 Å². The number of benzene rings is 2. The van der Waals surface area contributed by atoms with Gasteiger partial charge in [0.15, 0.2) is 5.78 Å². The van der Waals surface area contributed by atoms with Gasteiger partial charge in [-0.3, -0.25) is 9.59 Å². The molecule has 3 nitrogen and oxygen atoms in total. The lowest BCUT2D eigenvalue weighted by Gasteiger charge is -2.06. The van der Waals surface area contributed by atoms with Gasteiger partial charge in [-0.1, -0.05) is 6.07 Å². The smallest absolute Gasteiger partial charge is 0.228 e. The Morgan fingerprint density at radius 1 is 1.10 bits per heavy atom. The van der Waals surface area contributed by atoms with Crippen molar-refractivity contribution < 1.29 is 18.4 Å². The van der Waals surface area contributed by atoms with Gasteiger partial charge in [0.2, 0.25) is 5.91 Å². The standard InChI is InChI=1S/C15H9F2NO2/c16-10-2-1-3-11(17)14(10)15(20)8-4-5-12-9(6-8)7-13(19)18-12/h1-6H,7H2,(H,18,19). The third kappa shape index (κ3) is 1.97. The van der Waals surface area contributed by atoms with E-state index in [1.165, 1.54) is 18.2 Å². The minimum atomic E-state index is -0.898. The molecular formula is C15H9F2NO2. The molecule has 1 amide bonds. The van der Waals surface area contributed by atoms with Crippen LogP contribution in [0.4, 0.5) is 14.5 Å². The van der Waals surface area contributed by atoms with Crippen LogP contribution in [0.25, 0.3) is 0 Å². The number of anilines is 1. The number of carbonyl (C=O) groups is 2. The maximum atomic E-state index is 13.6. The SMILES string of the molecule is O=C1Cc2cc(C(=O)c3c(F)cccc3F)ccc2N1. The number of amides is 1. The average molecular weight is 273 g/mol. The number of halogens is 2. The summed E-state index contributed by atoms with van der Waals surface area (Å²) in [4.78, 5) is 23.4. The Morgan fingerprint density at radius 3 is 2.50 bits per heavy atom. The van der Waals surface area contributed by atoms with E-state index in [4.69, 9.17) is 0 Å². The fraction of sp³-hybridized carbons (Fsp3) is 0.0667. The molecule has 0 fully saturated rings. The number of carbonyl (C=O) groups excluding carboxylic acids is 2. The number of hydrogen-bond donors (Lipinski definition) is 1. The topological polar surface area (TPSA) is 46.2 Å². The zero-order chi connectivity index (χ0) is 14.3. The first kappa shape index (κ1) is 12.5. The third-order valence-corrected chi connectivity index (χ3v) is 3.18. The predicted molar refractivity (Wildman–Crippen MR) is 68.6 cm³/mol. The van der Waals surface area contributed by atoms with Crippen LogP contribution in [0.2, 0.25) is 0 Å². The highest BCUT2D eigenvalue weighted by molar-refractivity contribution is 6.10. The van der Waals surface area contributed by atoms with Gasteiger partial charge in [0.1, 0.15) is 11.6 Å². The molecule has 0 aliphatic carbocycles. The second kappa shape index (κ2) is 4.52. The summed E-state index contributed by atoms with van der Waals surface area (Å²) in [5.74, 6) is -2.70. The summed E-state index contributed by atoms with van der Waals surface area (Å²) in [6.07, 6.45) is 0.163. The van der Waals surface area contributed by atoms with E-state index in [-0.39, 0.29) is 17.9 Å². The summed E-state index contributed by atoms with van der Waals surface area (Å²) in [5, 5.41) is 2.63. The monoisotopic (exact) mass is 273 g/mol. The summed E-state index contributed by atoms with van der Waals surface area (Å²) in [7, 11) is 0. The largest absolute Gasteiger partial charge is 0.326 e. The van der Waals surface area contributed by atoms with Crippen molar-refractivity contribution in [1.29, 1.82) is 0 Å². The van der Waals surface area contributed by atoms with E-state index >= 15 is 0 Å². The Morgan fingerprint density at radius 2 is 1.80 bits per heavy atom. The van der Waals surface area contributed by atoms with Crippen LogP contribution < -0.4 is 5.32 Å². The van der Waals surface area contributed by atoms with Gasteiger partial charge in [-0.05, 0) is 35.9 Å². The van der Waals surface area contributed by atoms with Crippen LogP contribution in [0.1, 0.15) is 21.5 Å². The minimum Gasteiger partial charge on any atom is -0.326 e. The Labute approximate surface area is 113 Å². The third-order valence-electron chi connectivity index (χ3n) is 3.18. The van der Waals surface area contributed by atoms with Gasteiger partial charge < -0.3 is 5.32 Å². The fourth-order valence-corrected chi connectivity index (χ4v) is 2.23. The van der Waals surface area contributed by atoms with Crippen molar-refractivity contribution in [2.24, 2.45) is 0 Å². The van der Waals surface area contributed by atoms with Crippen molar-refractivity contribution >= 4 is 17.4 Å². The zero-order valence-electron chi connectivity index (χ0n) is 10.2. The molecule has 0 saturated carbocycles. The number of fused-ring (bicyclic) bond motifs is 1. The molecule has 2 aromatic carbocycles. The molecule has 1 aliphatic rings. The molecular weight excluding hydrogens is 264 g/mol. The molecule has 1 N–H and O–H groups in total. The first-order valence-electron chi connectivity index (χ1n) is 5.98. The summed E-state index contributed by atoms with van der Waals surface area (Å²) >= 11 is 0. The Bertz CT molecular complexity index is 720. The fourth-order valence-electron chi connectivity index (χ4n) is 2.23. The minimum absolute atomic E-state index is 0.157. The summed E-state index contributed by atoms with van der Waals surface area (Å²) in [5.41, 5.74) is 0.854. The number of hydrogen-bond acceptors (Lipinski definition) is 2. The van der Waals surface area contributed by atoms with Gasteiger partial charge >= 0.3 is 0 Å². The Hall–Kier alpha value is -2.56. The maximum Gasteiger partial charge on any atom is 0.228 e. The Balaban J connectivity index is 2.04. The molecule has 1 aliphatic heterocycles. The highest BCUT2D eigenvalue weighted by Crippen LogP contribution is 2.26. The predicted octanol–water partition coefficient (Wildman–Crippen LogP) is 2.69. The molecule has 2 aromatic rings. The molecule has 0 saturated heterocycles. The van der Waals surface area contributed by atoms with Crippen LogP contribution in [0.15, 0.2) is 36.4 Å². The van der Waals surface area contributed by atoms with E-state index in [2.05, 4.69) is 5.32 Å². The van der Waals surface area contributed by atoms with Gasteiger partial charge in [-0.15, -0.1) is 0 Å². The van der Waals surface area contributed by atoms with Gasteiger partial charge in [-0.25, -0.2) is 8.78 Å². The average Bonchev–Trinajstić information content (AvgIpc) is 2.77. The van der Waals surface area contributed by atoms with E-state index in [1.807, 2.05) is 0 Å². The number of ketones is 1. The number of nitrogens with one attached hydrogen (secondary N) is 1. The van der Waals surface area contributed by atoms with Gasteiger partial charge in [0.25, 0.3) is 0 Å². The first-order chi connectivity index (χ1) is 9.56. The molecule has 0 bridgehead atoms. The van der Waals surface area contributed by atoms with E-state index in [0.717, 1.165) is 12.1 Å². The van der Waals surface area contributed by atoms with Crippen LogP contribution >= 0.6 is 0 Å². The van der Waals surface area contributed by atoms with Crippen LogP contribution in [0.5, 0.6) is 0 Å². The lowest BCUT2D eigenvalue weighted by atomic mass is 9.99. The summed E-state index contributed by atoms with van der Waals surface area (Å²) in [6.45, 7) is 0. The van der Waals surface area contributed by atoms with E-state index < -0.39 is 23.0 Å². The van der Waals surface area contributed by atoms with Crippen LogP contribution in [-0.4, -0.2) is 11.7 Å². The second-order valence-electron chi connectivity index (χ2n) is 4.52. The molecule has 100 valence electrons. The molecule has 0 unspecified atom stereocenters. The number of rotatable bonds is 2. The van der Waals surface area contributed by atoms with Crippen molar-refractivity contribution in [3.63, 3.8) is 0 Å². The van der Waals surface area contributed by atoms with Gasteiger partial charge in [0.05, 0.1) is 12.0 Å². The van der Waals surface area contributed by atoms with E-state index in [0.29, 0.717) is 11.3 Å². The molecule has 3 rings (SSSR count). The van der Waals surface area contributed by atoms with Crippen LogP contribution in [0, 0.1) is 11.6 Å². The Kier molecular flexibility index (Phi) is 2.82. The molecule has 0 aromatic heterocycles. The summed E-state index contributed by atoms with van der Waals surface area (Å²) < 4.78 is 27.2. The molecule has 5 heteroatoms. The van der Waals surface area contributed by atoms with Crippen LogP contribution in [-0.2, 0) is 11.2 Å². The van der Waals surface area contributed by atoms with Crippen molar-refractivity contribution in [3.05, 3.63) is 64.7 Å². The van der Waals surface area contributed by atoms with Crippen LogP contribution in [0.3, 0.4) is 0 Å². The van der Waals surface area contributed by atoms with Crippen molar-refractivity contribution in [2.75, 3.05) is 5.32 Å². The lowest BCUT2D eigenvalue weighted by molar-refractivity contribution is -0.115. The quantitative estimate of drug-likeness (QED) is 0.855. The van der Waals surface area contributed by atoms with Gasteiger partial charge in [-0.2, -0.15) is 0 Å². The van der Waals surface area contributed by atoms with Crippen molar-refractivity contribution in [3.8, 4) is 0 Å². The molecule has 20 heavy (non-hydrogen) atoms. The zero-order valence-corrected chi connectivity index (χ0v) is 10.2. The molecule has 0 radical (unpaired) electrons.